The molecule has 2 N–H and O–H groups in total. The summed E-state index contributed by atoms with van der Waals surface area (Å²) < 4.78 is 2.17. The molecule has 0 amide bonds. The first kappa shape index (κ1) is 11.6. The van der Waals surface area contributed by atoms with Crippen molar-refractivity contribution in [3.05, 3.63) is 30.9 Å². The highest BCUT2D eigenvalue weighted by Crippen LogP contribution is 2.19. The van der Waals surface area contributed by atoms with Gasteiger partial charge in [-0.25, -0.2) is 9.97 Å². The van der Waals surface area contributed by atoms with Gasteiger partial charge in [0.25, 0.3) is 0 Å². The molecule has 0 saturated heterocycles. The SMILES string of the molecule is CCCCCn1cncc1-c1ccc(N)nc1. The molecule has 0 aliphatic heterocycles. The first-order chi connectivity index (χ1) is 8.31. The molecule has 4 nitrogen and oxygen atoms in total. The average Bonchev–Trinajstić information content (AvgIpc) is 2.79. The molecule has 90 valence electrons. The molecule has 0 atom stereocenters. The Hall–Kier alpha value is -1.84. The molecule has 0 aliphatic rings. The van der Waals surface area contributed by atoms with E-state index in [9.17, 15) is 0 Å². The van der Waals surface area contributed by atoms with Crippen LogP contribution in [0.15, 0.2) is 30.9 Å². The molecule has 0 spiro atoms. The number of rotatable bonds is 5. The fourth-order valence-electron chi connectivity index (χ4n) is 1.83. The van der Waals surface area contributed by atoms with Gasteiger partial charge in [-0.3, -0.25) is 0 Å². The first-order valence-corrected chi connectivity index (χ1v) is 6.03. The van der Waals surface area contributed by atoms with Gasteiger partial charge >= 0.3 is 0 Å². The topological polar surface area (TPSA) is 56.7 Å². The van der Waals surface area contributed by atoms with Crippen LogP contribution in [0.2, 0.25) is 0 Å². The Bertz CT molecular complexity index is 459. The van der Waals surface area contributed by atoms with Crippen molar-refractivity contribution >= 4 is 5.82 Å². The van der Waals surface area contributed by atoms with Crippen LogP contribution in [-0.2, 0) is 6.54 Å². The minimum Gasteiger partial charge on any atom is -0.384 e. The van der Waals surface area contributed by atoms with Gasteiger partial charge in [-0.15, -0.1) is 0 Å². The van der Waals surface area contributed by atoms with Crippen LogP contribution in [0.1, 0.15) is 26.2 Å². The number of hydrogen-bond acceptors (Lipinski definition) is 3. The van der Waals surface area contributed by atoms with Crippen molar-refractivity contribution in [1.29, 1.82) is 0 Å². The fourth-order valence-corrected chi connectivity index (χ4v) is 1.83. The highest BCUT2D eigenvalue weighted by Gasteiger charge is 2.04. The maximum absolute atomic E-state index is 5.58. The minimum absolute atomic E-state index is 0.547. The second-order valence-electron chi connectivity index (χ2n) is 4.15. The second kappa shape index (κ2) is 5.48. The van der Waals surface area contributed by atoms with Crippen LogP contribution < -0.4 is 5.73 Å². The monoisotopic (exact) mass is 230 g/mol. The highest BCUT2D eigenvalue weighted by molar-refractivity contribution is 5.58. The second-order valence-corrected chi connectivity index (χ2v) is 4.15. The molecule has 17 heavy (non-hydrogen) atoms. The molecule has 0 saturated carbocycles. The number of nitrogens with two attached hydrogens (primary N) is 1. The van der Waals surface area contributed by atoms with E-state index in [1.807, 2.05) is 24.7 Å². The van der Waals surface area contributed by atoms with Crippen molar-refractivity contribution in [1.82, 2.24) is 14.5 Å². The van der Waals surface area contributed by atoms with E-state index >= 15 is 0 Å². The maximum Gasteiger partial charge on any atom is 0.123 e. The lowest BCUT2D eigenvalue weighted by molar-refractivity contribution is 0.605. The molecule has 2 rings (SSSR count). The Morgan fingerprint density at radius 3 is 2.82 bits per heavy atom. The number of aromatic nitrogens is 3. The summed E-state index contributed by atoms with van der Waals surface area (Å²) in [4.78, 5) is 8.31. The average molecular weight is 230 g/mol. The highest BCUT2D eigenvalue weighted by atomic mass is 15.0. The smallest absolute Gasteiger partial charge is 0.123 e. The van der Waals surface area contributed by atoms with E-state index in [4.69, 9.17) is 5.73 Å². The third-order valence-corrected chi connectivity index (χ3v) is 2.80. The van der Waals surface area contributed by atoms with Crippen LogP contribution in [0, 0.1) is 0 Å². The minimum atomic E-state index is 0.547. The number of aryl methyl sites for hydroxylation is 1. The van der Waals surface area contributed by atoms with Gasteiger partial charge in [-0.2, -0.15) is 0 Å². The van der Waals surface area contributed by atoms with E-state index in [2.05, 4.69) is 21.5 Å². The van der Waals surface area contributed by atoms with Gasteiger partial charge in [-0.1, -0.05) is 19.8 Å². The van der Waals surface area contributed by atoms with Crippen LogP contribution in [-0.4, -0.2) is 14.5 Å². The van der Waals surface area contributed by atoms with Crippen LogP contribution in [0.25, 0.3) is 11.3 Å². The van der Waals surface area contributed by atoms with Crippen molar-refractivity contribution in [2.75, 3.05) is 5.73 Å². The predicted octanol–water partition coefficient (Wildman–Crippen LogP) is 2.72. The number of nitrogens with zero attached hydrogens (tertiary/aromatic N) is 3. The Kier molecular flexibility index (Phi) is 3.75. The number of unbranched alkanes of at least 4 members (excludes halogenated alkanes) is 2. The summed E-state index contributed by atoms with van der Waals surface area (Å²) in [6.07, 6.45) is 9.20. The third kappa shape index (κ3) is 2.84. The maximum atomic E-state index is 5.58. The zero-order valence-corrected chi connectivity index (χ0v) is 10.1. The molecule has 2 aromatic rings. The summed E-state index contributed by atoms with van der Waals surface area (Å²) in [5.74, 6) is 0.547. The molecule has 2 aromatic heterocycles. The number of imidazole rings is 1. The van der Waals surface area contributed by atoms with Crippen molar-refractivity contribution < 1.29 is 0 Å². The summed E-state index contributed by atoms with van der Waals surface area (Å²) in [6, 6.07) is 3.80. The molecule has 0 unspecified atom stereocenters. The fraction of sp³-hybridized carbons (Fsp3) is 0.385. The van der Waals surface area contributed by atoms with Gasteiger partial charge in [0.05, 0.1) is 18.2 Å². The van der Waals surface area contributed by atoms with Gasteiger partial charge in [0.2, 0.25) is 0 Å². The Labute approximate surface area is 102 Å². The van der Waals surface area contributed by atoms with Gasteiger partial charge in [-0.05, 0) is 18.6 Å². The normalized spacial score (nSPS) is 10.6. The predicted molar refractivity (Wildman–Crippen MR) is 69.4 cm³/mol. The number of hydrogen-bond donors (Lipinski definition) is 1. The molecule has 0 fully saturated rings. The van der Waals surface area contributed by atoms with E-state index < -0.39 is 0 Å². The number of nitrogen functional groups attached to an aromatic ring is 1. The van der Waals surface area contributed by atoms with Crippen LogP contribution in [0.5, 0.6) is 0 Å². The zero-order valence-electron chi connectivity index (χ0n) is 10.1. The quantitative estimate of drug-likeness (QED) is 0.803. The standard InChI is InChI=1S/C13H18N4/c1-2-3-4-7-17-10-15-9-12(17)11-5-6-13(14)16-8-11/h5-6,8-10H,2-4,7H2,1H3,(H2,14,16). The Morgan fingerprint density at radius 1 is 1.24 bits per heavy atom. The first-order valence-electron chi connectivity index (χ1n) is 6.03. The summed E-state index contributed by atoms with van der Waals surface area (Å²) in [5, 5.41) is 0. The van der Waals surface area contributed by atoms with Crippen molar-refractivity contribution in [2.45, 2.75) is 32.7 Å². The summed E-state index contributed by atoms with van der Waals surface area (Å²) in [6.45, 7) is 3.21. The summed E-state index contributed by atoms with van der Waals surface area (Å²) in [7, 11) is 0. The zero-order chi connectivity index (χ0) is 12.1. The van der Waals surface area contributed by atoms with E-state index in [0.29, 0.717) is 5.82 Å². The summed E-state index contributed by atoms with van der Waals surface area (Å²) >= 11 is 0. The largest absolute Gasteiger partial charge is 0.384 e. The van der Waals surface area contributed by atoms with Crippen molar-refractivity contribution in [2.24, 2.45) is 0 Å². The van der Waals surface area contributed by atoms with Crippen LogP contribution >= 0.6 is 0 Å². The lowest BCUT2D eigenvalue weighted by Gasteiger charge is -2.07. The van der Waals surface area contributed by atoms with Crippen molar-refractivity contribution in [3.8, 4) is 11.3 Å². The number of anilines is 1. The van der Waals surface area contributed by atoms with Gasteiger partial charge in [0, 0.05) is 18.3 Å². The Balaban J connectivity index is 2.15. The molecular formula is C13H18N4. The number of pyridine rings is 1. The van der Waals surface area contributed by atoms with E-state index in [0.717, 1.165) is 17.8 Å². The molecule has 0 bridgehead atoms. The van der Waals surface area contributed by atoms with Crippen LogP contribution in [0.4, 0.5) is 5.82 Å². The molecule has 0 aliphatic carbocycles. The van der Waals surface area contributed by atoms with E-state index in [1.165, 1.54) is 19.3 Å². The molecule has 4 heteroatoms. The Morgan fingerprint density at radius 2 is 2.12 bits per heavy atom. The third-order valence-electron chi connectivity index (χ3n) is 2.80. The van der Waals surface area contributed by atoms with Crippen LogP contribution in [0.3, 0.4) is 0 Å². The van der Waals surface area contributed by atoms with E-state index in [1.54, 1.807) is 6.20 Å². The van der Waals surface area contributed by atoms with Gasteiger partial charge in [0.15, 0.2) is 0 Å². The summed E-state index contributed by atoms with van der Waals surface area (Å²) in [5.41, 5.74) is 7.75. The van der Waals surface area contributed by atoms with Crippen molar-refractivity contribution in [3.63, 3.8) is 0 Å². The molecule has 0 radical (unpaired) electrons. The lowest BCUT2D eigenvalue weighted by Crippen LogP contribution is -1.99. The molecule has 2 heterocycles. The lowest BCUT2D eigenvalue weighted by atomic mass is 10.2. The molecular weight excluding hydrogens is 212 g/mol. The van der Waals surface area contributed by atoms with E-state index in [-0.39, 0.29) is 0 Å². The molecule has 0 aromatic carbocycles. The van der Waals surface area contributed by atoms with Gasteiger partial charge < -0.3 is 10.3 Å². The van der Waals surface area contributed by atoms with Gasteiger partial charge in [0.1, 0.15) is 5.82 Å².